The number of hydrogen-bond acceptors (Lipinski definition) is 6. The number of amides is 1. The zero-order valence-electron chi connectivity index (χ0n) is 15.9. The molecule has 1 N–H and O–H groups in total. The molecular formula is C18H31N5O2. The van der Waals surface area contributed by atoms with Gasteiger partial charge in [-0.25, -0.2) is 0 Å². The minimum Gasteiger partial charge on any atom is -0.344 e. The Morgan fingerprint density at radius 1 is 1.44 bits per heavy atom. The minimum atomic E-state index is -0.000377. The van der Waals surface area contributed by atoms with Crippen molar-refractivity contribution in [2.45, 2.75) is 51.5 Å². The van der Waals surface area contributed by atoms with E-state index in [0.29, 0.717) is 30.1 Å². The number of aromatic nitrogens is 2. The number of likely N-dealkylation sites (N-methyl/N-ethyl adjacent to an activating group) is 2. The number of piperidine rings is 1. The molecule has 0 aliphatic carbocycles. The maximum atomic E-state index is 12.9. The van der Waals surface area contributed by atoms with Gasteiger partial charge in [-0.1, -0.05) is 19.0 Å². The van der Waals surface area contributed by atoms with Crippen LogP contribution in [0.5, 0.6) is 0 Å². The summed E-state index contributed by atoms with van der Waals surface area (Å²) in [6.45, 7) is 7.84. The van der Waals surface area contributed by atoms with E-state index in [-0.39, 0.29) is 17.9 Å². The second kappa shape index (κ2) is 7.41. The lowest BCUT2D eigenvalue weighted by Crippen LogP contribution is -2.43. The largest absolute Gasteiger partial charge is 0.344 e. The van der Waals surface area contributed by atoms with Crippen molar-refractivity contribution in [3.05, 3.63) is 11.7 Å². The van der Waals surface area contributed by atoms with E-state index in [1.54, 1.807) is 0 Å². The molecule has 3 rings (SSSR count). The molecule has 0 bridgehead atoms. The van der Waals surface area contributed by atoms with Crippen LogP contribution in [-0.2, 0) is 11.2 Å². The van der Waals surface area contributed by atoms with Crippen LogP contribution < -0.4 is 5.32 Å². The van der Waals surface area contributed by atoms with Gasteiger partial charge >= 0.3 is 0 Å². The second-order valence-electron chi connectivity index (χ2n) is 8.10. The van der Waals surface area contributed by atoms with Crippen LogP contribution in [0.25, 0.3) is 0 Å². The van der Waals surface area contributed by atoms with Gasteiger partial charge in [0.1, 0.15) is 0 Å². The van der Waals surface area contributed by atoms with Crippen LogP contribution in [0.3, 0.4) is 0 Å². The maximum absolute atomic E-state index is 12.9. The van der Waals surface area contributed by atoms with Gasteiger partial charge in [0, 0.05) is 32.5 Å². The molecule has 3 heterocycles. The highest BCUT2D eigenvalue weighted by Crippen LogP contribution is 2.41. The highest BCUT2D eigenvalue weighted by Gasteiger charge is 2.46. The summed E-state index contributed by atoms with van der Waals surface area (Å²) in [5, 5.41) is 7.44. The SMILES string of the molecule is CC(C)c1nc(CCN(C)C(=O)[C@H]2CC3(CCNCC3)CN2C)no1. The molecule has 1 aromatic heterocycles. The van der Waals surface area contributed by atoms with E-state index >= 15 is 0 Å². The summed E-state index contributed by atoms with van der Waals surface area (Å²) in [7, 11) is 3.97. The molecule has 0 unspecified atom stereocenters. The van der Waals surface area contributed by atoms with Crippen LogP contribution >= 0.6 is 0 Å². The smallest absolute Gasteiger partial charge is 0.239 e. The normalized spacial score (nSPS) is 23.5. The lowest BCUT2D eigenvalue weighted by atomic mass is 9.77. The van der Waals surface area contributed by atoms with Gasteiger partial charge in [0.25, 0.3) is 0 Å². The van der Waals surface area contributed by atoms with E-state index in [4.69, 9.17) is 4.52 Å². The summed E-state index contributed by atoms with van der Waals surface area (Å²) in [6.07, 6.45) is 3.95. The molecule has 0 saturated carbocycles. The molecule has 1 atom stereocenters. The average molecular weight is 349 g/mol. The summed E-state index contributed by atoms with van der Waals surface area (Å²) in [4.78, 5) is 21.4. The van der Waals surface area contributed by atoms with Crippen LogP contribution in [0, 0.1) is 5.41 Å². The monoisotopic (exact) mass is 349 g/mol. The zero-order valence-corrected chi connectivity index (χ0v) is 15.9. The van der Waals surface area contributed by atoms with Gasteiger partial charge < -0.3 is 14.7 Å². The third-order valence-corrected chi connectivity index (χ3v) is 5.72. The Bertz CT molecular complexity index is 594. The molecule has 2 fully saturated rings. The highest BCUT2D eigenvalue weighted by molar-refractivity contribution is 5.82. The van der Waals surface area contributed by atoms with Crippen molar-refractivity contribution < 1.29 is 9.32 Å². The Morgan fingerprint density at radius 3 is 2.80 bits per heavy atom. The van der Waals surface area contributed by atoms with Crippen molar-refractivity contribution >= 4 is 5.91 Å². The third kappa shape index (κ3) is 4.03. The molecular weight excluding hydrogens is 318 g/mol. The fourth-order valence-corrected chi connectivity index (χ4v) is 4.10. The van der Waals surface area contributed by atoms with E-state index in [9.17, 15) is 4.79 Å². The molecule has 0 radical (unpaired) electrons. The predicted octanol–water partition coefficient (Wildman–Crippen LogP) is 1.27. The molecule has 1 aromatic rings. The Labute approximate surface area is 150 Å². The van der Waals surface area contributed by atoms with Crippen molar-refractivity contribution in [1.29, 1.82) is 0 Å². The summed E-state index contributed by atoms with van der Waals surface area (Å²) >= 11 is 0. The summed E-state index contributed by atoms with van der Waals surface area (Å²) in [6, 6.07) is -0.000377. The van der Waals surface area contributed by atoms with Crippen molar-refractivity contribution in [2.75, 3.05) is 40.3 Å². The first kappa shape index (κ1) is 18.3. The van der Waals surface area contributed by atoms with Gasteiger partial charge in [-0.15, -0.1) is 0 Å². The number of likely N-dealkylation sites (tertiary alicyclic amines) is 1. The number of carbonyl (C=O) groups is 1. The Kier molecular flexibility index (Phi) is 5.43. The minimum absolute atomic E-state index is 0.000377. The van der Waals surface area contributed by atoms with E-state index in [2.05, 4.69) is 27.4 Å². The summed E-state index contributed by atoms with van der Waals surface area (Å²) in [5.74, 6) is 1.78. The Balaban J connectivity index is 1.54. The van der Waals surface area contributed by atoms with Crippen molar-refractivity contribution in [1.82, 2.24) is 25.3 Å². The first-order valence-corrected chi connectivity index (χ1v) is 9.39. The molecule has 0 aromatic carbocycles. The van der Waals surface area contributed by atoms with Gasteiger partial charge in [-0.2, -0.15) is 4.98 Å². The van der Waals surface area contributed by atoms with E-state index in [1.807, 2.05) is 25.8 Å². The van der Waals surface area contributed by atoms with Crippen LogP contribution in [0.4, 0.5) is 0 Å². The average Bonchev–Trinajstić information content (AvgIpc) is 3.18. The van der Waals surface area contributed by atoms with E-state index < -0.39 is 0 Å². The molecule has 2 aliphatic rings. The molecule has 1 amide bonds. The number of rotatable bonds is 5. The molecule has 2 saturated heterocycles. The number of nitrogens with zero attached hydrogens (tertiary/aromatic N) is 4. The van der Waals surface area contributed by atoms with Gasteiger partial charge in [-0.05, 0) is 44.8 Å². The molecule has 25 heavy (non-hydrogen) atoms. The molecule has 7 nitrogen and oxygen atoms in total. The molecule has 140 valence electrons. The van der Waals surface area contributed by atoms with E-state index in [0.717, 1.165) is 26.1 Å². The third-order valence-electron chi connectivity index (χ3n) is 5.72. The van der Waals surface area contributed by atoms with E-state index in [1.165, 1.54) is 12.8 Å². The van der Waals surface area contributed by atoms with Crippen molar-refractivity contribution in [3.8, 4) is 0 Å². The predicted molar refractivity (Wildman–Crippen MR) is 95.3 cm³/mol. The fraction of sp³-hybridized carbons (Fsp3) is 0.833. The Hall–Kier alpha value is -1.47. The first-order chi connectivity index (χ1) is 11.9. The van der Waals surface area contributed by atoms with Gasteiger partial charge in [0.15, 0.2) is 5.82 Å². The van der Waals surface area contributed by atoms with Crippen LogP contribution in [0.1, 0.15) is 50.7 Å². The van der Waals surface area contributed by atoms with Gasteiger partial charge in [0.05, 0.1) is 6.04 Å². The van der Waals surface area contributed by atoms with Crippen LogP contribution in [-0.4, -0.2) is 72.2 Å². The zero-order chi connectivity index (χ0) is 18.0. The lowest BCUT2D eigenvalue weighted by molar-refractivity contribution is -0.134. The molecule has 2 aliphatic heterocycles. The quantitative estimate of drug-likeness (QED) is 0.863. The molecule has 1 spiro atoms. The first-order valence-electron chi connectivity index (χ1n) is 9.39. The van der Waals surface area contributed by atoms with Gasteiger partial charge in [0.2, 0.25) is 11.8 Å². The molecule has 7 heteroatoms. The number of hydrogen-bond donors (Lipinski definition) is 1. The number of nitrogens with one attached hydrogen (secondary N) is 1. The van der Waals surface area contributed by atoms with Crippen LogP contribution in [0.15, 0.2) is 4.52 Å². The van der Waals surface area contributed by atoms with Gasteiger partial charge in [-0.3, -0.25) is 9.69 Å². The summed E-state index contributed by atoms with van der Waals surface area (Å²) < 4.78 is 5.23. The standard InChI is InChI=1S/C18H31N5O2/c1-13(2)16-20-15(21-25-16)5-10-22(3)17(24)14-11-18(12-23(14)4)6-8-19-9-7-18/h13-14,19H,5-12H2,1-4H3/t14-/m1/s1. The Morgan fingerprint density at radius 2 is 2.16 bits per heavy atom. The lowest BCUT2D eigenvalue weighted by Gasteiger charge is -2.33. The van der Waals surface area contributed by atoms with Crippen molar-refractivity contribution in [3.63, 3.8) is 0 Å². The van der Waals surface area contributed by atoms with Crippen molar-refractivity contribution in [2.24, 2.45) is 5.41 Å². The number of carbonyl (C=O) groups excluding carboxylic acids is 1. The maximum Gasteiger partial charge on any atom is 0.239 e. The summed E-state index contributed by atoms with van der Waals surface area (Å²) in [5.41, 5.74) is 0.320. The second-order valence-corrected chi connectivity index (χ2v) is 8.10. The van der Waals surface area contributed by atoms with Crippen LogP contribution in [0.2, 0.25) is 0 Å². The topological polar surface area (TPSA) is 74.5 Å². The highest BCUT2D eigenvalue weighted by atomic mass is 16.5. The fourth-order valence-electron chi connectivity index (χ4n) is 4.10.